The SMILES string of the molecule is O=C1C(=Cc2ccccc2Cl)SC(=S)N1C(=O)c1ccccc1. The molecule has 2 aromatic carbocycles. The van der Waals surface area contributed by atoms with Crippen LogP contribution in [0.25, 0.3) is 6.08 Å². The number of nitrogens with zero attached hydrogens (tertiary/aromatic N) is 1. The standard InChI is InChI=1S/C17H10ClNO2S2/c18-13-9-5-4-8-12(13)10-14-16(21)19(17(22)23-14)15(20)11-6-2-1-3-7-11/h1-10H. The van der Waals surface area contributed by atoms with Crippen molar-refractivity contribution in [1.29, 1.82) is 0 Å². The van der Waals surface area contributed by atoms with Gasteiger partial charge in [0, 0.05) is 10.6 Å². The van der Waals surface area contributed by atoms with E-state index in [2.05, 4.69) is 0 Å². The van der Waals surface area contributed by atoms with Gasteiger partial charge >= 0.3 is 0 Å². The van der Waals surface area contributed by atoms with Gasteiger partial charge in [-0.2, -0.15) is 0 Å². The van der Waals surface area contributed by atoms with E-state index in [0.29, 0.717) is 21.1 Å². The van der Waals surface area contributed by atoms with Crippen LogP contribution >= 0.6 is 35.6 Å². The van der Waals surface area contributed by atoms with Crippen LogP contribution in [0.5, 0.6) is 0 Å². The summed E-state index contributed by atoms with van der Waals surface area (Å²) in [6.45, 7) is 0. The van der Waals surface area contributed by atoms with Gasteiger partial charge in [0.2, 0.25) is 0 Å². The Bertz CT molecular complexity index is 833. The highest BCUT2D eigenvalue weighted by Crippen LogP contribution is 2.34. The van der Waals surface area contributed by atoms with E-state index in [1.165, 1.54) is 0 Å². The number of benzene rings is 2. The Balaban J connectivity index is 1.92. The zero-order chi connectivity index (χ0) is 16.4. The van der Waals surface area contributed by atoms with Crippen molar-refractivity contribution >= 4 is 57.8 Å². The van der Waals surface area contributed by atoms with Crippen molar-refractivity contribution in [1.82, 2.24) is 4.90 Å². The first-order valence-corrected chi connectivity index (χ1v) is 8.30. The molecule has 1 fully saturated rings. The molecule has 0 aliphatic carbocycles. The average molecular weight is 360 g/mol. The summed E-state index contributed by atoms with van der Waals surface area (Å²) in [6.07, 6.45) is 1.65. The molecule has 0 bridgehead atoms. The summed E-state index contributed by atoms with van der Waals surface area (Å²) in [5, 5.41) is 0.534. The van der Waals surface area contributed by atoms with E-state index in [0.717, 1.165) is 16.7 Å². The van der Waals surface area contributed by atoms with Crippen molar-refractivity contribution < 1.29 is 9.59 Å². The molecular formula is C17H10ClNO2S2. The van der Waals surface area contributed by atoms with E-state index < -0.39 is 11.8 Å². The van der Waals surface area contributed by atoms with Crippen LogP contribution in [0.4, 0.5) is 0 Å². The number of hydrogen-bond acceptors (Lipinski definition) is 4. The Kier molecular flexibility index (Phi) is 4.61. The van der Waals surface area contributed by atoms with E-state index in [1.807, 2.05) is 12.1 Å². The van der Waals surface area contributed by atoms with Gasteiger partial charge in [0.05, 0.1) is 4.91 Å². The predicted molar refractivity (Wildman–Crippen MR) is 97.2 cm³/mol. The first kappa shape index (κ1) is 15.9. The molecule has 1 heterocycles. The minimum absolute atomic E-state index is 0.224. The first-order chi connectivity index (χ1) is 11.1. The van der Waals surface area contributed by atoms with Gasteiger partial charge in [-0.15, -0.1) is 0 Å². The highest BCUT2D eigenvalue weighted by atomic mass is 35.5. The molecule has 114 valence electrons. The molecular weight excluding hydrogens is 350 g/mol. The van der Waals surface area contributed by atoms with Gasteiger partial charge in [0.25, 0.3) is 11.8 Å². The Hall–Kier alpha value is -1.95. The van der Waals surface area contributed by atoms with E-state index in [4.69, 9.17) is 23.8 Å². The number of thiocarbonyl (C=S) groups is 1. The predicted octanol–water partition coefficient (Wildman–Crippen LogP) is 4.38. The lowest BCUT2D eigenvalue weighted by Gasteiger charge is -2.12. The average Bonchev–Trinajstić information content (AvgIpc) is 2.84. The molecule has 0 saturated carbocycles. The van der Waals surface area contributed by atoms with Crippen molar-refractivity contribution in [2.45, 2.75) is 0 Å². The number of imide groups is 1. The summed E-state index contributed by atoms with van der Waals surface area (Å²) in [6, 6.07) is 15.8. The fraction of sp³-hybridized carbons (Fsp3) is 0. The van der Waals surface area contributed by atoms with Crippen molar-refractivity contribution in [2.24, 2.45) is 0 Å². The van der Waals surface area contributed by atoms with Crippen LogP contribution in [0.15, 0.2) is 59.5 Å². The number of halogens is 1. The van der Waals surface area contributed by atoms with Crippen LogP contribution < -0.4 is 0 Å². The monoisotopic (exact) mass is 359 g/mol. The molecule has 0 radical (unpaired) electrons. The number of rotatable bonds is 2. The van der Waals surface area contributed by atoms with E-state index in [-0.39, 0.29) is 4.32 Å². The zero-order valence-electron chi connectivity index (χ0n) is 11.7. The molecule has 3 nitrogen and oxygen atoms in total. The summed E-state index contributed by atoms with van der Waals surface area (Å²) >= 11 is 12.4. The van der Waals surface area contributed by atoms with Crippen molar-refractivity contribution in [3.63, 3.8) is 0 Å². The molecule has 1 aliphatic rings. The van der Waals surface area contributed by atoms with E-state index in [9.17, 15) is 9.59 Å². The van der Waals surface area contributed by atoms with Crippen LogP contribution in [0.1, 0.15) is 15.9 Å². The number of thioether (sulfide) groups is 1. The van der Waals surface area contributed by atoms with Gasteiger partial charge in [-0.05, 0) is 29.8 Å². The fourth-order valence-corrected chi connectivity index (χ4v) is 3.52. The van der Waals surface area contributed by atoms with Crippen molar-refractivity contribution in [3.05, 3.63) is 75.7 Å². The Morgan fingerprint density at radius 2 is 1.74 bits per heavy atom. The molecule has 1 aliphatic heterocycles. The van der Waals surface area contributed by atoms with Gasteiger partial charge in [-0.25, -0.2) is 4.90 Å². The summed E-state index contributed by atoms with van der Waals surface area (Å²) in [4.78, 5) is 26.4. The smallest absolute Gasteiger partial charge is 0.268 e. The molecule has 0 aromatic heterocycles. The van der Waals surface area contributed by atoms with Gasteiger partial charge in [-0.1, -0.05) is 72.0 Å². The maximum absolute atomic E-state index is 12.5. The second-order valence-electron chi connectivity index (χ2n) is 4.71. The lowest BCUT2D eigenvalue weighted by Crippen LogP contribution is -2.34. The third-order valence-corrected chi connectivity index (χ3v) is 4.86. The largest absolute Gasteiger partial charge is 0.273 e. The fourth-order valence-electron chi connectivity index (χ4n) is 2.09. The van der Waals surface area contributed by atoms with Gasteiger partial charge in [0.1, 0.15) is 0 Å². The van der Waals surface area contributed by atoms with Crippen LogP contribution in [-0.4, -0.2) is 21.0 Å². The molecule has 23 heavy (non-hydrogen) atoms. The Morgan fingerprint density at radius 1 is 1.09 bits per heavy atom. The lowest BCUT2D eigenvalue weighted by molar-refractivity contribution is -0.120. The summed E-state index contributed by atoms with van der Waals surface area (Å²) in [7, 11) is 0. The number of hydrogen-bond donors (Lipinski definition) is 0. The first-order valence-electron chi connectivity index (χ1n) is 6.70. The van der Waals surface area contributed by atoms with Gasteiger partial charge in [-0.3, -0.25) is 9.59 Å². The molecule has 0 N–H and O–H groups in total. The second kappa shape index (κ2) is 6.66. The normalized spacial score (nSPS) is 16.2. The van der Waals surface area contributed by atoms with Crippen LogP contribution in [-0.2, 0) is 4.79 Å². The van der Waals surface area contributed by atoms with Crippen LogP contribution in [0.3, 0.4) is 0 Å². The molecule has 1 saturated heterocycles. The molecule has 0 atom stereocenters. The molecule has 2 amide bonds. The number of amides is 2. The summed E-state index contributed by atoms with van der Waals surface area (Å²) in [5.74, 6) is -0.843. The number of carbonyl (C=O) groups excluding carboxylic acids is 2. The molecule has 0 unspecified atom stereocenters. The Labute approximate surface area is 147 Å². The quantitative estimate of drug-likeness (QED) is 0.453. The Morgan fingerprint density at radius 3 is 2.43 bits per heavy atom. The maximum atomic E-state index is 12.5. The zero-order valence-corrected chi connectivity index (χ0v) is 14.1. The van der Waals surface area contributed by atoms with Gasteiger partial charge < -0.3 is 0 Å². The molecule has 6 heteroatoms. The molecule has 3 rings (SSSR count). The lowest BCUT2D eigenvalue weighted by atomic mass is 10.2. The third-order valence-electron chi connectivity index (χ3n) is 3.21. The maximum Gasteiger partial charge on any atom is 0.273 e. The van der Waals surface area contributed by atoms with Crippen molar-refractivity contribution in [2.75, 3.05) is 0 Å². The molecule has 2 aromatic rings. The molecule has 0 spiro atoms. The van der Waals surface area contributed by atoms with Crippen molar-refractivity contribution in [3.8, 4) is 0 Å². The second-order valence-corrected chi connectivity index (χ2v) is 6.79. The van der Waals surface area contributed by atoms with Crippen LogP contribution in [0.2, 0.25) is 5.02 Å². The highest BCUT2D eigenvalue weighted by molar-refractivity contribution is 8.26. The minimum Gasteiger partial charge on any atom is -0.268 e. The highest BCUT2D eigenvalue weighted by Gasteiger charge is 2.37. The van der Waals surface area contributed by atoms with Gasteiger partial charge in [0.15, 0.2) is 4.32 Å². The van der Waals surface area contributed by atoms with Crippen LogP contribution in [0, 0.1) is 0 Å². The topological polar surface area (TPSA) is 37.4 Å². The summed E-state index contributed by atoms with van der Waals surface area (Å²) in [5.41, 5.74) is 1.13. The summed E-state index contributed by atoms with van der Waals surface area (Å²) < 4.78 is 0.224. The minimum atomic E-state index is -0.422. The third kappa shape index (κ3) is 3.22. The number of carbonyl (C=O) groups is 2. The van der Waals surface area contributed by atoms with E-state index >= 15 is 0 Å². The van der Waals surface area contributed by atoms with E-state index in [1.54, 1.807) is 48.5 Å².